The van der Waals surface area contributed by atoms with Crippen molar-refractivity contribution in [3.8, 4) is 6.07 Å². The lowest BCUT2D eigenvalue weighted by molar-refractivity contribution is -0.120. The number of amides is 1. The van der Waals surface area contributed by atoms with Crippen LogP contribution in [0.3, 0.4) is 0 Å². The number of hydrogen-bond donors (Lipinski definition) is 1. The maximum Gasteiger partial charge on any atom is 0.231 e. The maximum atomic E-state index is 12.2. The number of nitrogens with one attached hydrogen (secondary N) is 1. The van der Waals surface area contributed by atoms with Crippen molar-refractivity contribution in [2.75, 3.05) is 5.75 Å². The van der Waals surface area contributed by atoms with E-state index in [4.69, 9.17) is 0 Å². The number of rotatable bonds is 5. The van der Waals surface area contributed by atoms with Gasteiger partial charge in [0.1, 0.15) is 5.54 Å². The topological polar surface area (TPSA) is 52.9 Å². The van der Waals surface area contributed by atoms with Crippen LogP contribution in [-0.4, -0.2) is 17.2 Å². The van der Waals surface area contributed by atoms with E-state index in [-0.39, 0.29) is 11.8 Å². The van der Waals surface area contributed by atoms with Crippen LogP contribution in [0.15, 0.2) is 11.0 Å². The lowest BCUT2D eigenvalue weighted by Gasteiger charge is -2.27. The Morgan fingerprint density at radius 2 is 1.77 bits per heavy atom. The molecular weight excluding hydrogens is 292 g/mol. The van der Waals surface area contributed by atoms with E-state index in [0.29, 0.717) is 5.75 Å². The Kier molecular flexibility index (Phi) is 6.08. The van der Waals surface area contributed by atoms with Crippen LogP contribution in [0.2, 0.25) is 0 Å². The normalized spacial score (nSPS) is 13.6. The highest BCUT2D eigenvalue weighted by atomic mass is 32.2. The predicted octanol–water partition coefficient (Wildman–Crippen LogP) is 4.07. The first kappa shape index (κ1) is 18.6. The van der Waals surface area contributed by atoms with Crippen LogP contribution >= 0.6 is 11.8 Å². The Balaban J connectivity index is 2.84. The zero-order chi connectivity index (χ0) is 17.1. The quantitative estimate of drug-likeness (QED) is 0.833. The molecule has 1 aromatic carbocycles. The number of benzene rings is 1. The van der Waals surface area contributed by atoms with Crippen LogP contribution in [0.25, 0.3) is 0 Å². The average molecular weight is 318 g/mol. The number of carbonyl (C=O) groups is 1. The zero-order valence-corrected chi connectivity index (χ0v) is 15.4. The predicted molar refractivity (Wildman–Crippen MR) is 93.1 cm³/mol. The number of hydrogen-bond acceptors (Lipinski definition) is 3. The largest absolute Gasteiger partial charge is 0.337 e. The smallest absolute Gasteiger partial charge is 0.231 e. The van der Waals surface area contributed by atoms with Crippen LogP contribution < -0.4 is 5.32 Å². The van der Waals surface area contributed by atoms with Crippen molar-refractivity contribution in [1.29, 1.82) is 5.26 Å². The maximum absolute atomic E-state index is 12.2. The summed E-state index contributed by atoms with van der Waals surface area (Å²) in [5.74, 6) is 0.297. The average Bonchev–Trinajstić information content (AvgIpc) is 2.44. The van der Waals surface area contributed by atoms with Gasteiger partial charge in [0, 0.05) is 4.90 Å². The lowest BCUT2D eigenvalue weighted by atomic mass is 9.90. The van der Waals surface area contributed by atoms with Crippen LogP contribution in [0, 0.1) is 44.9 Å². The van der Waals surface area contributed by atoms with E-state index in [1.165, 1.54) is 27.1 Å². The van der Waals surface area contributed by atoms with Crippen molar-refractivity contribution in [2.45, 2.75) is 58.9 Å². The van der Waals surface area contributed by atoms with Gasteiger partial charge in [-0.1, -0.05) is 19.9 Å². The van der Waals surface area contributed by atoms with Crippen molar-refractivity contribution in [3.63, 3.8) is 0 Å². The molecule has 1 atom stereocenters. The molecule has 0 aromatic heterocycles. The van der Waals surface area contributed by atoms with Crippen molar-refractivity contribution in [1.82, 2.24) is 5.32 Å². The summed E-state index contributed by atoms with van der Waals surface area (Å²) in [7, 11) is 0. The molecule has 0 radical (unpaired) electrons. The summed E-state index contributed by atoms with van der Waals surface area (Å²) in [4.78, 5) is 13.4. The third-order valence-electron chi connectivity index (χ3n) is 4.43. The van der Waals surface area contributed by atoms with Gasteiger partial charge in [-0.2, -0.15) is 5.26 Å². The first-order valence-corrected chi connectivity index (χ1v) is 8.53. The lowest BCUT2D eigenvalue weighted by Crippen LogP contribution is -2.49. The van der Waals surface area contributed by atoms with Crippen LogP contribution in [0.4, 0.5) is 0 Å². The van der Waals surface area contributed by atoms with Gasteiger partial charge in [-0.05, 0) is 62.8 Å². The monoisotopic (exact) mass is 318 g/mol. The first-order chi connectivity index (χ1) is 10.1. The van der Waals surface area contributed by atoms with Gasteiger partial charge in [-0.15, -0.1) is 11.8 Å². The van der Waals surface area contributed by atoms with E-state index in [1.807, 2.05) is 13.8 Å². The van der Waals surface area contributed by atoms with Gasteiger partial charge in [0.15, 0.2) is 0 Å². The number of nitrogens with zero attached hydrogens (tertiary/aromatic N) is 1. The van der Waals surface area contributed by atoms with Crippen LogP contribution in [0.1, 0.15) is 43.0 Å². The molecule has 22 heavy (non-hydrogen) atoms. The van der Waals surface area contributed by atoms with E-state index in [9.17, 15) is 10.1 Å². The molecule has 0 heterocycles. The molecule has 1 aromatic rings. The van der Waals surface area contributed by atoms with Crippen molar-refractivity contribution >= 4 is 17.7 Å². The van der Waals surface area contributed by atoms with Gasteiger partial charge >= 0.3 is 0 Å². The molecule has 0 aliphatic carbocycles. The second-order valence-electron chi connectivity index (χ2n) is 6.40. The van der Waals surface area contributed by atoms with E-state index in [0.717, 1.165) is 0 Å². The van der Waals surface area contributed by atoms with Crippen molar-refractivity contribution in [2.24, 2.45) is 5.92 Å². The molecular formula is C18H26N2OS. The van der Waals surface area contributed by atoms with Gasteiger partial charge < -0.3 is 5.32 Å². The number of aryl methyl sites for hydroxylation is 2. The molecule has 1 unspecified atom stereocenters. The summed E-state index contributed by atoms with van der Waals surface area (Å²) in [5.41, 5.74) is 4.13. The Bertz CT molecular complexity index is 590. The fraction of sp³-hybridized carbons (Fsp3) is 0.556. The molecule has 120 valence electrons. The van der Waals surface area contributed by atoms with Gasteiger partial charge in [0.2, 0.25) is 5.91 Å². The Labute approximate surface area is 138 Å². The molecule has 0 fully saturated rings. The highest BCUT2D eigenvalue weighted by molar-refractivity contribution is 8.00. The Morgan fingerprint density at radius 3 is 2.18 bits per heavy atom. The molecule has 1 amide bonds. The highest BCUT2D eigenvalue weighted by Crippen LogP contribution is 2.30. The second kappa shape index (κ2) is 7.19. The van der Waals surface area contributed by atoms with Crippen molar-refractivity contribution < 1.29 is 4.79 Å². The fourth-order valence-electron chi connectivity index (χ4n) is 2.16. The van der Waals surface area contributed by atoms with E-state index in [1.54, 1.807) is 18.7 Å². The minimum atomic E-state index is -0.815. The third kappa shape index (κ3) is 4.04. The third-order valence-corrected chi connectivity index (χ3v) is 5.74. The molecule has 0 saturated heterocycles. The number of carbonyl (C=O) groups excluding carboxylic acids is 1. The second-order valence-corrected chi connectivity index (χ2v) is 7.38. The van der Waals surface area contributed by atoms with E-state index < -0.39 is 5.54 Å². The molecule has 1 rings (SSSR count). The number of thioether (sulfide) groups is 1. The summed E-state index contributed by atoms with van der Waals surface area (Å²) in [6, 6.07) is 4.39. The fourth-order valence-corrected chi connectivity index (χ4v) is 3.26. The van der Waals surface area contributed by atoms with Gasteiger partial charge in [-0.25, -0.2) is 0 Å². The Hall–Kier alpha value is -1.47. The molecule has 0 bridgehead atoms. The summed E-state index contributed by atoms with van der Waals surface area (Å²) in [6.45, 7) is 14.0. The summed E-state index contributed by atoms with van der Waals surface area (Å²) < 4.78 is 0. The molecule has 1 N–H and O–H groups in total. The molecule has 0 aliphatic rings. The molecule has 0 aliphatic heterocycles. The standard InChI is InChI=1S/C18H26N2OS/c1-11(2)18(7,10-19)20-16(21)9-22-17-14(5)12(3)8-13(4)15(17)6/h8,11H,9H2,1-7H3,(H,20,21). The molecule has 3 nitrogen and oxygen atoms in total. The summed E-state index contributed by atoms with van der Waals surface area (Å²) in [5, 5.41) is 12.1. The minimum absolute atomic E-state index is 0.0659. The zero-order valence-electron chi connectivity index (χ0n) is 14.6. The highest BCUT2D eigenvalue weighted by Gasteiger charge is 2.29. The van der Waals surface area contributed by atoms with E-state index >= 15 is 0 Å². The minimum Gasteiger partial charge on any atom is -0.337 e. The Morgan fingerprint density at radius 1 is 1.27 bits per heavy atom. The van der Waals surface area contributed by atoms with Gasteiger partial charge in [0.25, 0.3) is 0 Å². The van der Waals surface area contributed by atoms with Crippen LogP contribution in [0.5, 0.6) is 0 Å². The molecule has 0 saturated carbocycles. The molecule has 0 spiro atoms. The van der Waals surface area contributed by atoms with Gasteiger partial charge in [0.05, 0.1) is 11.8 Å². The number of nitriles is 1. The summed E-state index contributed by atoms with van der Waals surface area (Å²) >= 11 is 1.55. The van der Waals surface area contributed by atoms with Crippen molar-refractivity contribution in [3.05, 3.63) is 28.3 Å². The van der Waals surface area contributed by atoms with Crippen LogP contribution in [-0.2, 0) is 4.79 Å². The SMILES string of the molecule is Cc1cc(C)c(C)c(SCC(=O)NC(C)(C#N)C(C)C)c1C. The van der Waals surface area contributed by atoms with E-state index in [2.05, 4.69) is 45.1 Å². The van der Waals surface area contributed by atoms with Gasteiger partial charge in [-0.3, -0.25) is 4.79 Å². The summed E-state index contributed by atoms with van der Waals surface area (Å²) in [6.07, 6.45) is 0. The molecule has 4 heteroatoms. The first-order valence-electron chi connectivity index (χ1n) is 7.54.